The van der Waals surface area contributed by atoms with E-state index in [-0.39, 0.29) is 11.5 Å². The normalized spacial score (nSPS) is 21.7. The van der Waals surface area contributed by atoms with Gasteiger partial charge in [-0.05, 0) is 37.5 Å². The van der Waals surface area contributed by atoms with Crippen LogP contribution in [0.25, 0.3) is 11.8 Å². The number of oxime groups is 1. The van der Waals surface area contributed by atoms with Crippen molar-refractivity contribution in [3.63, 3.8) is 0 Å². The zero-order valence-electron chi connectivity index (χ0n) is 16.5. The molecule has 1 fully saturated rings. The second-order valence-electron chi connectivity index (χ2n) is 7.60. The van der Waals surface area contributed by atoms with Crippen molar-refractivity contribution in [2.45, 2.75) is 25.9 Å². The Morgan fingerprint density at radius 2 is 2.06 bits per heavy atom. The Morgan fingerprint density at radius 1 is 1.29 bits per heavy atom. The monoisotopic (exact) mass is 418 g/mol. The summed E-state index contributed by atoms with van der Waals surface area (Å²) in [4.78, 5) is 40.7. The second kappa shape index (κ2) is 7.05. The van der Waals surface area contributed by atoms with Crippen LogP contribution >= 0.6 is 0 Å². The van der Waals surface area contributed by atoms with Gasteiger partial charge in [0, 0.05) is 0 Å². The van der Waals surface area contributed by atoms with E-state index in [1.165, 1.54) is 6.21 Å². The van der Waals surface area contributed by atoms with Crippen LogP contribution in [0.4, 0.5) is 10.5 Å². The number of carbonyl (C=O) groups excluding carboxylic acids is 1. The topological polar surface area (TPSA) is 126 Å². The number of rotatable bonds is 4. The number of H-pyrrole nitrogens is 1. The second-order valence-corrected chi connectivity index (χ2v) is 7.60. The maximum absolute atomic E-state index is 12.3. The molecule has 2 N–H and O–H groups in total. The van der Waals surface area contributed by atoms with Gasteiger partial charge in [-0.3, -0.25) is 4.79 Å². The maximum Gasteiger partial charge on any atom is 0.434 e. The van der Waals surface area contributed by atoms with Crippen molar-refractivity contribution < 1.29 is 24.3 Å². The third-order valence-electron chi connectivity index (χ3n) is 5.55. The lowest BCUT2D eigenvalue weighted by Crippen LogP contribution is -2.24. The number of carboxylic acid groups (broad SMARTS) is 1. The molecule has 0 bridgehead atoms. The third-order valence-corrected chi connectivity index (χ3v) is 5.55. The van der Waals surface area contributed by atoms with Gasteiger partial charge < -0.3 is 19.7 Å². The van der Waals surface area contributed by atoms with Crippen molar-refractivity contribution in [1.82, 2.24) is 4.98 Å². The predicted octanol–water partition coefficient (Wildman–Crippen LogP) is 2.21. The van der Waals surface area contributed by atoms with Gasteiger partial charge in [0.1, 0.15) is 17.2 Å². The Balaban J connectivity index is 1.38. The van der Waals surface area contributed by atoms with Crippen LogP contribution < -0.4 is 10.7 Å². The van der Waals surface area contributed by atoms with Crippen LogP contribution in [0.2, 0.25) is 0 Å². The molecule has 31 heavy (non-hydrogen) atoms. The van der Waals surface area contributed by atoms with Gasteiger partial charge in [0.05, 0.1) is 28.3 Å². The average Bonchev–Trinajstić information content (AvgIpc) is 3.05. The molecule has 5 rings (SSSR count). The molecule has 1 saturated carbocycles. The number of hydrogen-bond donors (Lipinski definition) is 2. The molecule has 0 radical (unpaired) electrons. The molecule has 1 unspecified atom stereocenters. The van der Waals surface area contributed by atoms with Gasteiger partial charge in [-0.25, -0.2) is 9.79 Å². The highest BCUT2D eigenvalue weighted by molar-refractivity contribution is 6.49. The number of aliphatic carboxylic acids is 1. The van der Waals surface area contributed by atoms with E-state index in [2.05, 4.69) is 20.1 Å². The number of carboxylic acids is 1. The summed E-state index contributed by atoms with van der Waals surface area (Å²) in [6.45, 7) is 1.77. The van der Waals surface area contributed by atoms with Crippen molar-refractivity contribution in [3.8, 4) is 0 Å². The number of aromatic amines is 1. The lowest BCUT2D eigenvalue weighted by atomic mass is 10.0. The largest absolute Gasteiger partial charge is 0.481 e. The summed E-state index contributed by atoms with van der Waals surface area (Å²) in [7, 11) is 0. The van der Waals surface area contributed by atoms with E-state index in [0.717, 1.165) is 5.56 Å². The molecule has 0 spiro atoms. The van der Waals surface area contributed by atoms with Gasteiger partial charge in [0.25, 0.3) is 0 Å². The molecule has 1 atom stereocenters. The first-order valence-electron chi connectivity index (χ1n) is 9.79. The molecule has 1 aromatic carbocycles. The SMILES string of the molecule is CC(OC(=O)N=C1C=NOC1=c1cc2c([nH]1)=CC(C1(C(=O)O)CC1)=N2)c1ccccc1. The number of ether oxygens (including phenoxy) is 1. The first kappa shape index (κ1) is 19.0. The Kier molecular flexibility index (Phi) is 4.32. The molecule has 9 heteroatoms. The minimum atomic E-state index is -0.869. The Bertz CT molecular complexity index is 1300. The van der Waals surface area contributed by atoms with Crippen molar-refractivity contribution in [2.24, 2.45) is 20.6 Å². The highest BCUT2D eigenvalue weighted by atomic mass is 16.6. The molecule has 2 aliphatic heterocycles. The van der Waals surface area contributed by atoms with Crippen LogP contribution in [0, 0.1) is 5.41 Å². The molecule has 1 aliphatic carbocycles. The number of nitrogens with zero attached hydrogens (tertiary/aromatic N) is 3. The fourth-order valence-corrected chi connectivity index (χ4v) is 3.60. The van der Waals surface area contributed by atoms with Gasteiger partial charge in [-0.15, -0.1) is 0 Å². The summed E-state index contributed by atoms with van der Waals surface area (Å²) in [6.07, 6.45) is 3.03. The summed E-state index contributed by atoms with van der Waals surface area (Å²) in [6, 6.07) is 11.1. The van der Waals surface area contributed by atoms with Crippen molar-refractivity contribution in [2.75, 3.05) is 0 Å². The molecular weight excluding hydrogens is 400 g/mol. The molecule has 156 valence electrons. The Labute approximate surface area is 176 Å². The number of nitrogens with one attached hydrogen (secondary N) is 1. The Morgan fingerprint density at radius 3 is 2.74 bits per heavy atom. The highest BCUT2D eigenvalue weighted by Crippen LogP contribution is 2.48. The highest BCUT2D eigenvalue weighted by Gasteiger charge is 2.54. The van der Waals surface area contributed by atoms with Crippen LogP contribution in [-0.2, 0) is 14.4 Å². The van der Waals surface area contributed by atoms with E-state index in [1.54, 1.807) is 19.1 Å². The maximum atomic E-state index is 12.3. The van der Waals surface area contributed by atoms with Crippen LogP contribution in [0.1, 0.15) is 31.4 Å². The molecule has 0 saturated heterocycles. The van der Waals surface area contributed by atoms with Crippen LogP contribution in [0.5, 0.6) is 0 Å². The number of aliphatic imine (C=N–C) groups is 2. The van der Waals surface area contributed by atoms with E-state index in [4.69, 9.17) is 9.57 Å². The van der Waals surface area contributed by atoms with Crippen LogP contribution in [0.15, 0.2) is 51.5 Å². The molecule has 1 amide bonds. The lowest BCUT2D eigenvalue weighted by molar-refractivity contribution is -0.140. The fraction of sp³-hybridized carbons (Fsp3) is 0.227. The summed E-state index contributed by atoms with van der Waals surface area (Å²) in [5, 5.41) is 14.4. The molecule has 1 aromatic heterocycles. The molecular formula is C22H18N4O5. The minimum absolute atomic E-state index is 0.221. The van der Waals surface area contributed by atoms with E-state index in [1.807, 2.05) is 30.3 Å². The zero-order valence-corrected chi connectivity index (χ0v) is 16.5. The summed E-state index contributed by atoms with van der Waals surface area (Å²) in [5.74, 6) is -0.587. The first-order chi connectivity index (χ1) is 15.0. The number of hydrogen-bond acceptors (Lipinski definition) is 6. The van der Waals surface area contributed by atoms with Gasteiger partial charge >= 0.3 is 12.1 Å². The van der Waals surface area contributed by atoms with Gasteiger partial charge in [0.2, 0.25) is 5.76 Å². The lowest BCUT2D eigenvalue weighted by Gasteiger charge is -2.11. The average molecular weight is 418 g/mol. The van der Waals surface area contributed by atoms with Gasteiger partial charge in [0.15, 0.2) is 0 Å². The zero-order chi connectivity index (χ0) is 21.6. The summed E-state index contributed by atoms with van der Waals surface area (Å²) < 4.78 is 5.37. The van der Waals surface area contributed by atoms with Gasteiger partial charge in [-0.2, -0.15) is 4.99 Å². The molecule has 2 aromatic rings. The molecule has 3 aliphatic rings. The predicted molar refractivity (Wildman–Crippen MR) is 113 cm³/mol. The number of aromatic nitrogens is 1. The van der Waals surface area contributed by atoms with Gasteiger partial charge in [-0.1, -0.05) is 35.5 Å². The minimum Gasteiger partial charge on any atom is -0.481 e. The van der Waals surface area contributed by atoms with Crippen LogP contribution in [0.3, 0.4) is 0 Å². The smallest absolute Gasteiger partial charge is 0.434 e. The summed E-state index contributed by atoms with van der Waals surface area (Å²) in [5.41, 5.74) is 1.37. The number of benzene rings is 1. The van der Waals surface area contributed by atoms with Crippen molar-refractivity contribution in [3.05, 3.63) is 52.7 Å². The quantitative estimate of drug-likeness (QED) is 0.787. The van der Waals surface area contributed by atoms with Crippen LogP contribution in [-0.4, -0.2) is 39.8 Å². The number of fused-ring (bicyclic) bond motifs is 1. The standard InChI is InChI=1S/C22H18N4O5/c1-12(13-5-3-2-4-6-13)30-21(29)26-17-11-23-31-19(17)16-9-14-15(24-16)10-18(25-14)22(7-8-22)20(27)28/h2-6,9-12,24H,7-8H2,1H3,(H,27,28). The molecule has 9 nitrogen and oxygen atoms in total. The number of carbonyl (C=O) groups is 2. The van der Waals surface area contributed by atoms with E-state index >= 15 is 0 Å². The fourth-order valence-electron chi connectivity index (χ4n) is 3.60. The van der Waals surface area contributed by atoms with E-state index < -0.39 is 23.6 Å². The first-order valence-corrected chi connectivity index (χ1v) is 9.79. The number of amides is 1. The van der Waals surface area contributed by atoms with Crippen molar-refractivity contribution in [1.29, 1.82) is 0 Å². The summed E-state index contributed by atoms with van der Waals surface area (Å²) >= 11 is 0. The van der Waals surface area contributed by atoms with Crippen molar-refractivity contribution >= 4 is 47.2 Å². The van der Waals surface area contributed by atoms with E-state index in [9.17, 15) is 14.7 Å². The molecule has 3 heterocycles. The van der Waals surface area contributed by atoms with E-state index in [0.29, 0.717) is 34.9 Å². The Hall–Kier alpha value is -4.01. The third kappa shape index (κ3) is 3.33.